The van der Waals surface area contributed by atoms with Crippen LogP contribution in [0.15, 0.2) is 18.3 Å². The molecule has 2 heterocycles. The number of rotatable bonds is 2. The molecular weight excluding hydrogens is 186 g/mol. The molecule has 2 aromatic heterocycles. The summed E-state index contributed by atoms with van der Waals surface area (Å²) < 4.78 is 1.53. The van der Waals surface area contributed by atoms with E-state index in [1.807, 2.05) is 0 Å². The van der Waals surface area contributed by atoms with Crippen molar-refractivity contribution in [3.63, 3.8) is 0 Å². The zero-order valence-corrected chi connectivity index (χ0v) is 7.08. The van der Waals surface area contributed by atoms with Gasteiger partial charge < -0.3 is 10.2 Å². The van der Waals surface area contributed by atoms with Crippen molar-refractivity contribution < 1.29 is 15.0 Å². The number of carboxylic acid groups (broad SMARTS) is 1. The van der Waals surface area contributed by atoms with Crippen molar-refractivity contribution >= 4 is 11.6 Å². The van der Waals surface area contributed by atoms with Crippen LogP contribution < -0.4 is 0 Å². The van der Waals surface area contributed by atoms with Crippen LogP contribution in [0.3, 0.4) is 0 Å². The summed E-state index contributed by atoms with van der Waals surface area (Å²) in [6.45, 7) is -0.229. The quantitative estimate of drug-likeness (QED) is 0.696. The summed E-state index contributed by atoms with van der Waals surface area (Å²) >= 11 is 0. The first-order valence-electron chi connectivity index (χ1n) is 3.90. The average Bonchev–Trinajstić information content (AvgIpc) is 2.59. The summed E-state index contributed by atoms with van der Waals surface area (Å²) in [5.41, 5.74) is 0.559. The number of hydrogen-bond acceptors (Lipinski definition) is 4. The van der Waals surface area contributed by atoms with Gasteiger partial charge in [-0.05, 0) is 12.1 Å². The van der Waals surface area contributed by atoms with E-state index in [2.05, 4.69) is 10.2 Å². The van der Waals surface area contributed by atoms with Crippen LogP contribution in [0.4, 0.5) is 0 Å². The number of fused-ring (bicyclic) bond motifs is 1. The van der Waals surface area contributed by atoms with Crippen LogP contribution in [0.5, 0.6) is 0 Å². The van der Waals surface area contributed by atoms with E-state index in [-0.39, 0.29) is 12.2 Å². The van der Waals surface area contributed by atoms with Gasteiger partial charge in [0.05, 0.1) is 5.56 Å². The van der Waals surface area contributed by atoms with Crippen LogP contribution in [0.2, 0.25) is 0 Å². The maximum atomic E-state index is 10.6. The largest absolute Gasteiger partial charge is 0.478 e. The molecule has 0 bridgehead atoms. The zero-order chi connectivity index (χ0) is 10.1. The number of carbonyl (C=O) groups is 1. The standard InChI is InChI=1S/C8H7N3O3/c12-4-7-10-9-6-3-5(8(13)14)1-2-11(6)7/h1-3,12H,4H2,(H,13,14). The number of pyridine rings is 1. The van der Waals surface area contributed by atoms with Gasteiger partial charge in [0.15, 0.2) is 11.5 Å². The summed E-state index contributed by atoms with van der Waals surface area (Å²) in [5, 5.41) is 25.0. The molecule has 2 aromatic rings. The average molecular weight is 193 g/mol. The van der Waals surface area contributed by atoms with Crippen molar-refractivity contribution in [1.82, 2.24) is 14.6 Å². The van der Waals surface area contributed by atoms with Crippen LogP contribution in [-0.4, -0.2) is 30.8 Å². The van der Waals surface area contributed by atoms with E-state index in [4.69, 9.17) is 10.2 Å². The van der Waals surface area contributed by atoms with Gasteiger partial charge in [0, 0.05) is 6.20 Å². The number of aromatic carboxylic acids is 1. The lowest BCUT2D eigenvalue weighted by Gasteiger charge is -1.96. The molecule has 2 rings (SSSR count). The van der Waals surface area contributed by atoms with E-state index in [0.717, 1.165) is 0 Å². The predicted molar refractivity (Wildman–Crippen MR) is 45.9 cm³/mol. The number of aromatic nitrogens is 3. The van der Waals surface area contributed by atoms with Gasteiger partial charge in [0.1, 0.15) is 6.61 Å². The van der Waals surface area contributed by atoms with Crippen LogP contribution in [0.1, 0.15) is 16.2 Å². The van der Waals surface area contributed by atoms with Crippen molar-refractivity contribution in [2.75, 3.05) is 0 Å². The molecule has 0 aliphatic rings. The molecule has 0 saturated heterocycles. The molecular formula is C8H7N3O3. The molecule has 0 radical (unpaired) electrons. The van der Waals surface area contributed by atoms with Gasteiger partial charge in [-0.1, -0.05) is 0 Å². The minimum atomic E-state index is -1.01. The lowest BCUT2D eigenvalue weighted by atomic mass is 10.3. The van der Waals surface area contributed by atoms with E-state index in [1.54, 1.807) is 0 Å². The van der Waals surface area contributed by atoms with Crippen molar-refractivity contribution in [1.29, 1.82) is 0 Å². The van der Waals surface area contributed by atoms with Crippen molar-refractivity contribution in [2.24, 2.45) is 0 Å². The van der Waals surface area contributed by atoms with Crippen molar-refractivity contribution in [3.8, 4) is 0 Å². The fourth-order valence-electron chi connectivity index (χ4n) is 1.18. The van der Waals surface area contributed by atoms with Crippen LogP contribution >= 0.6 is 0 Å². The Kier molecular flexibility index (Phi) is 1.90. The number of hydrogen-bond donors (Lipinski definition) is 2. The summed E-state index contributed by atoms with van der Waals surface area (Å²) in [4.78, 5) is 10.6. The Hall–Kier alpha value is -1.95. The fraction of sp³-hybridized carbons (Fsp3) is 0.125. The predicted octanol–water partition coefficient (Wildman–Crippen LogP) is -0.0802. The van der Waals surface area contributed by atoms with Gasteiger partial charge in [-0.15, -0.1) is 10.2 Å². The monoisotopic (exact) mass is 193 g/mol. The first-order valence-corrected chi connectivity index (χ1v) is 3.90. The van der Waals surface area contributed by atoms with Gasteiger partial charge in [-0.3, -0.25) is 4.40 Å². The second kappa shape index (κ2) is 3.08. The van der Waals surface area contributed by atoms with Crippen molar-refractivity contribution in [2.45, 2.75) is 6.61 Å². The van der Waals surface area contributed by atoms with Gasteiger partial charge in [-0.2, -0.15) is 0 Å². The first-order chi connectivity index (χ1) is 6.72. The van der Waals surface area contributed by atoms with E-state index < -0.39 is 5.97 Å². The molecule has 0 aromatic carbocycles. The van der Waals surface area contributed by atoms with Gasteiger partial charge in [0.25, 0.3) is 0 Å². The molecule has 0 aliphatic heterocycles. The third-order valence-electron chi connectivity index (χ3n) is 1.87. The highest BCUT2D eigenvalue weighted by molar-refractivity contribution is 5.88. The fourth-order valence-corrected chi connectivity index (χ4v) is 1.18. The lowest BCUT2D eigenvalue weighted by molar-refractivity contribution is 0.0697. The van der Waals surface area contributed by atoms with E-state index in [0.29, 0.717) is 11.5 Å². The van der Waals surface area contributed by atoms with Gasteiger partial charge >= 0.3 is 5.97 Å². The first kappa shape index (κ1) is 8.64. The molecule has 72 valence electrons. The molecule has 0 atom stereocenters. The highest BCUT2D eigenvalue weighted by Crippen LogP contribution is 2.07. The Balaban J connectivity index is 2.63. The van der Waals surface area contributed by atoms with Crippen LogP contribution in [-0.2, 0) is 6.61 Å². The van der Waals surface area contributed by atoms with E-state index >= 15 is 0 Å². The molecule has 0 saturated carbocycles. The van der Waals surface area contributed by atoms with Gasteiger partial charge in [0.2, 0.25) is 0 Å². The summed E-state index contributed by atoms with van der Waals surface area (Å²) in [5.74, 6) is -0.627. The number of aliphatic hydroxyl groups excluding tert-OH is 1. The van der Waals surface area contributed by atoms with Crippen molar-refractivity contribution in [3.05, 3.63) is 29.7 Å². The smallest absolute Gasteiger partial charge is 0.335 e. The molecule has 0 spiro atoms. The molecule has 6 heteroatoms. The van der Waals surface area contributed by atoms with Crippen LogP contribution in [0.25, 0.3) is 5.65 Å². The van der Waals surface area contributed by atoms with E-state index in [9.17, 15) is 4.79 Å². The topological polar surface area (TPSA) is 87.7 Å². The summed E-state index contributed by atoms with van der Waals surface area (Å²) in [6.07, 6.45) is 1.52. The lowest BCUT2D eigenvalue weighted by Crippen LogP contribution is -1.99. The zero-order valence-electron chi connectivity index (χ0n) is 7.08. The number of carboxylic acids is 1. The maximum absolute atomic E-state index is 10.6. The number of nitrogens with zero attached hydrogens (tertiary/aromatic N) is 3. The molecule has 14 heavy (non-hydrogen) atoms. The molecule has 2 N–H and O–H groups in total. The second-order valence-electron chi connectivity index (χ2n) is 2.72. The van der Waals surface area contributed by atoms with Crippen LogP contribution in [0, 0.1) is 0 Å². The van der Waals surface area contributed by atoms with E-state index in [1.165, 1.54) is 22.7 Å². The highest BCUT2D eigenvalue weighted by Gasteiger charge is 2.07. The Morgan fingerprint density at radius 1 is 1.50 bits per heavy atom. The molecule has 6 nitrogen and oxygen atoms in total. The molecule has 0 fully saturated rings. The maximum Gasteiger partial charge on any atom is 0.335 e. The Morgan fingerprint density at radius 3 is 2.93 bits per heavy atom. The minimum Gasteiger partial charge on any atom is -0.478 e. The third kappa shape index (κ3) is 1.21. The SMILES string of the molecule is O=C(O)c1ccn2c(CO)nnc2c1. The highest BCUT2D eigenvalue weighted by atomic mass is 16.4. The third-order valence-corrected chi connectivity index (χ3v) is 1.87. The molecule has 0 amide bonds. The normalized spacial score (nSPS) is 10.6. The Morgan fingerprint density at radius 2 is 2.29 bits per heavy atom. The van der Waals surface area contributed by atoms with Gasteiger partial charge in [-0.25, -0.2) is 4.79 Å². The molecule has 0 aliphatic carbocycles. The molecule has 0 unspecified atom stereocenters. The Bertz CT molecular complexity index is 492. The summed E-state index contributed by atoms with van der Waals surface area (Å²) in [7, 11) is 0. The number of aliphatic hydroxyl groups is 1. The minimum absolute atomic E-state index is 0.148. The Labute approximate surface area is 78.4 Å². The second-order valence-corrected chi connectivity index (χ2v) is 2.72. The summed E-state index contributed by atoms with van der Waals surface area (Å²) in [6, 6.07) is 2.83.